The molecule has 0 radical (unpaired) electrons. The standard InChI is InChI=1S/C43H48N8O8S2/c1-6-50-33-19-17-29(60(53,54)55)22-31(33)42(3,4)35(50)10-8-11-36-43(5,32-23-30(61(56,57)58)18-20-34(32)51(36)7-2)21-9-12-37(52)45-24-27-13-15-28(16-14-27)25-59-40-38-39(47-26-46-38)48-41(44)49-40/h8,10-11,13-20,22-23,26H,6-7,9,12,21,24-25H2,1-5H3,(H5-,44,45,46,47,48,49,52,53,54,55,56,57,58)/p+1. The van der Waals surface area contributed by atoms with Gasteiger partial charge in [0.05, 0.1) is 21.5 Å². The van der Waals surface area contributed by atoms with E-state index < -0.39 is 31.1 Å². The number of aromatic nitrogens is 4. The summed E-state index contributed by atoms with van der Waals surface area (Å²) in [7, 11) is -8.90. The van der Waals surface area contributed by atoms with E-state index in [9.17, 15) is 30.7 Å². The number of anilines is 2. The van der Waals surface area contributed by atoms with Crippen molar-refractivity contribution in [3.8, 4) is 5.88 Å². The molecule has 0 spiro atoms. The Balaban J connectivity index is 1.06. The fraction of sp³-hybridized carbons (Fsp3) is 0.326. The number of H-pyrrole nitrogens is 1. The van der Waals surface area contributed by atoms with E-state index in [1.165, 1.54) is 30.6 Å². The minimum absolute atomic E-state index is 0.0594. The first-order chi connectivity index (χ1) is 28.8. The zero-order valence-corrected chi connectivity index (χ0v) is 36.1. The van der Waals surface area contributed by atoms with Crippen LogP contribution in [0.4, 0.5) is 17.3 Å². The van der Waals surface area contributed by atoms with Gasteiger partial charge in [0, 0.05) is 54.0 Å². The molecule has 7 rings (SSSR count). The molecule has 18 heteroatoms. The topological polar surface area (TPSA) is 234 Å². The Morgan fingerprint density at radius 2 is 1.62 bits per heavy atom. The number of benzene rings is 3. The Hall–Kier alpha value is -5.95. The predicted octanol–water partition coefficient (Wildman–Crippen LogP) is 6.13. The summed E-state index contributed by atoms with van der Waals surface area (Å²) in [6.45, 7) is 11.8. The molecule has 61 heavy (non-hydrogen) atoms. The molecule has 2 aliphatic rings. The Morgan fingerprint density at radius 3 is 2.30 bits per heavy atom. The second-order valence-electron chi connectivity index (χ2n) is 15.8. The fourth-order valence-corrected chi connectivity index (χ4v) is 9.42. The van der Waals surface area contributed by atoms with Crippen LogP contribution in [0.15, 0.2) is 101 Å². The van der Waals surface area contributed by atoms with Gasteiger partial charge in [0.25, 0.3) is 20.2 Å². The first kappa shape index (κ1) is 43.1. The monoisotopic (exact) mass is 869 g/mol. The number of aromatic amines is 1. The molecule has 1 amide bonds. The predicted molar refractivity (Wildman–Crippen MR) is 231 cm³/mol. The summed E-state index contributed by atoms with van der Waals surface area (Å²) in [4.78, 5) is 30.2. The molecule has 2 aromatic heterocycles. The molecular weight excluding hydrogens is 821 g/mol. The average molecular weight is 870 g/mol. The molecule has 16 nitrogen and oxygen atoms in total. The number of fused-ring (bicyclic) bond motifs is 3. The molecule has 320 valence electrons. The SMILES string of the molecule is CCN1/C(=C/C=C/C2=[N+](CC)c3ccc(S(=O)(=O)O)cc3C2(C)C)C(C)(CCCC(=O)NCc2ccc(COc3nc(N)nc4nc[nH]c34)cc2)c2cc(S(=O)(=O)O)ccc21. The van der Waals surface area contributed by atoms with Gasteiger partial charge in [0.2, 0.25) is 23.4 Å². The number of likely N-dealkylation sites (N-methyl/N-ethyl adjacent to an activating group) is 1. The van der Waals surface area contributed by atoms with Gasteiger partial charge in [-0.2, -0.15) is 31.4 Å². The number of carbonyl (C=O) groups is 1. The molecule has 0 saturated heterocycles. The van der Waals surface area contributed by atoms with Gasteiger partial charge in [-0.25, -0.2) is 4.98 Å². The second kappa shape index (κ2) is 16.5. The van der Waals surface area contributed by atoms with Crippen LogP contribution in [0, 0.1) is 0 Å². The van der Waals surface area contributed by atoms with Crippen molar-refractivity contribution < 1.29 is 40.0 Å². The fourth-order valence-electron chi connectivity index (χ4n) is 8.41. The number of hydrogen-bond donors (Lipinski definition) is 5. The Kier molecular flexibility index (Phi) is 11.7. The molecule has 6 N–H and O–H groups in total. The molecular formula is C43H49N8O8S2+. The lowest BCUT2D eigenvalue weighted by Crippen LogP contribution is -2.30. The number of allylic oxidation sites excluding steroid dienone is 4. The van der Waals surface area contributed by atoms with Crippen LogP contribution >= 0.6 is 0 Å². The van der Waals surface area contributed by atoms with Crippen LogP contribution in [-0.4, -0.2) is 75.2 Å². The number of imidazole rings is 1. The molecule has 0 fully saturated rings. The van der Waals surface area contributed by atoms with E-state index in [-0.39, 0.29) is 34.7 Å². The molecule has 1 atom stereocenters. The van der Waals surface area contributed by atoms with Crippen molar-refractivity contribution in [1.29, 1.82) is 0 Å². The summed E-state index contributed by atoms with van der Waals surface area (Å²) in [6.07, 6.45) is 8.60. The summed E-state index contributed by atoms with van der Waals surface area (Å²) in [6, 6.07) is 16.9. The highest BCUT2D eigenvalue weighted by Gasteiger charge is 2.45. The number of rotatable bonds is 15. The highest BCUT2D eigenvalue weighted by molar-refractivity contribution is 7.86. The summed E-state index contributed by atoms with van der Waals surface area (Å²) in [5, 5.41) is 3.00. The first-order valence-electron chi connectivity index (χ1n) is 19.8. The lowest BCUT2D eigenvalue weighted by molar-refractivity contribution is -0.433. The maximum atomic E-state index is 13.2. The summed E-state index contributed by atoms with van der Waals surface area (Å²) in [5.74, 6) is 0.221. The van der Waals surface area contributed by atoms with Crippen molar-refractivity contribution in [3.05, 3.63) is 113 Å². The van der Waals surface area contributed by atoms with Crippen LogP contribution in [0.3, 0.4) is 0 Å². The highest BCUT2D eigenvalue weighted by Crippen LogP contribution is 2.51. The number of nitrogens with zero attached hydrogens (tertiary/aromatic N) is 5. The maximum absolute atomic E-state index is 13.2. The zero-order chi connectivity index (χ0) is 43.9. The van der Waals surface area contributed by atoms with Crippen molar-refractivity contribution in [1.82, 2.24) is 25.3 Å². The second-order valence-corrected chi connectivity index (χ2v) is 18.6. The number of nitrogens with one attached hydrogen (secondary N) is 2. The lowest BCUT2D eigenvalue weighted by Gasteiger charge is -2.30. The molecule has 0 aliphatic carbocycles. The normalized spacial score (nSPS) is 18.0. The van der Waals surface area contributed by atoms with Crippen molar-refractivity contribution in [2.75, 3.05) is 23.7 Å². The molecule has 2 aliphatic heterocycles. The van der Waals surface area contributed by atoms with Gasteiger partial charge in [0.1, 0.15) is 18.7 Å². The molecule has 1 unspecified atom stereocenters. The van der Waals surface area contributed by atoms with Crippen molar-refractivity contribution in [2.24, 2.45) is 0 Å². The van der Waals surface area contributed by atoms with Gasteiger partial charge in [-0.3, -0.25) is 13.9 Å². The van der Waals surface area contributed by atoms with Gasteiger partial charge in [-0.1, -0.05) is 30.3 Å². The Bertz CT molecular complexity index is 2850. The van der Waals surface area contributed by atoms with Gasteiger partial charge in [-0.05, 0) is 101 Å². The van der Waals surface area contributed by atoms with E-state index in [0.717, 1.165) is 45.0 Å². The Morgan fingerprint density at radius 1 is 0.951 bits per heavy atom. The average Bonchev–Trinajstić information content (AvgIpc) is 3.84. The maximum Gasteiger partial charge on any atom is 0.294 e. The van der Waals surface area contributed by atoms with Crippen molar-refractivity contribution in [2.45, 2.75) is 87.7 Å². The van der Waals surface area contributed by atoms with E-state index in [2.05, 4.69) is 34.7 Å². The van der Waals surface area contributed by atoms with E-state index in [1.54, 1.807) is 12.1 Å². The molecule has 3 aromatic carbocycles. The van der Waals surface area contributed by atoms with Crippen LogP contribution < -0.4 is 20.7 Å². The van der Waals surface area contributed by atoms with Gasteiger partial charge in [-0.15, -0.1) is 0 Å². The van der Waals surface area contributed by atoms with Gasteiger partial charge < -0.3 is 25.7 Å². The molecule has 4 heterocycles. The van der Waals surface area contributed by atoms with Gasteiger partial charge in [0.15, 0.2) is 11.4 Å². The molecule has 0 bridgehead atoms. The van der Waals surface area contributed by atoms with Gasteiger partial charge >= 0.3 is 0 Å². The number of carbonyl (C=O) groups excluding carboxylic acids is 1. The molecule has 0 saturated carbocycles. The quantitative estimate of drug-likeness (QED) is 0.0590. The van der Waals surface area contributed by atoms with Crippen molar-refractivity contribution >= 4 is 60.3 Å². The van der Waals surface area contributed by atoms with E-state index in [1.807, 2.05) is 77.1 Å². The zero-order valence-electron chi connectivity index (χ0n) is 34.5. The largest absolute Gasteiger partial charge is 0.471 e. The molecule has 5 aromatic rings. The van der Waals surface area contributed by atoms with E-state index in [0.29, 0.717) is 49.5 Å². The Labute approximate surface area is 354 Å². The van der Waals surface area contributed by atoms with Crippen LogP contribution in [0.25, 0.3) is 11.2 Å². The highest BCUT2D eigenvalue weighted by atomic mass is 32.2. The number of hydrogen-bond acceptors (Lipinski definition) is 11. The lowest BCUT2D eigenvalue weighted by atomic mass is 9.77. The number of nitrogens with two attached hydrogens (primary N) is 1. The van der Waals surface area contributed by atoms with Crippen LogP contribution in [0.5, 0.6) is 5.88 Å². The van der Waals surface area contributed by atoms with Crippen LogP contribution in [0.2, 0.25) is 0 Å². The third kappa shape index (κ3) is 8.53. The summed E-state index contributed by atoms with van der Waals surface area (Å²) >= 11 is 0. The first-order valence-corrected chi connectivity index (χ1v) is 22.7. The van der Waals surface area contributed by atoms with Crippen molar-refractivity contribution in [3.63, 3.8) is 0 Å². The summed E-state index contributed by atoms with van der Waals surface area (Å²) < 4.78 is 76.4. The summed E-state index contributed by atoms with van der Waals surface area (Å²) in [5.41, 5.74) is 12.1. The van der Waals surface area contributed by atoms with E-state index >= 15 is 0 Å². The smallest absolute Gasteiger partial charge is 0.294 e. The van der Waals surface area contributed by atoms with Crippen LogP contribution in [-0.2, 0) is 49.0 Å². The third-order valence-electron chi connectivity index (χ3n) is 11.5. The number of ether oxygens (including phenoxy) is 1. The number of amides is 1. The minimum atomic E-state index is -4.50. The third-order valence-corrected chi connectivity index (χ3v) is 13.2. The minimum Gasteiger partial charge on any atom is -0.471 e. The number of nitrogen functional groups attached to an aromatic ring is 1. The van der Waals surface area contributed by atoms with E-state index in [4.69, 9.17) is 10.5 Å². The van der Waals surface area contributed by atoms with Crippen LogP contribution in [0.1, 0.15) is 76.1 Å².